The molecule has 0 unspecified atom stereocenters. The standard InChI is InChI=1S/C19H18FN3O2/c1-24-16-9-5-8-15(10-16)13-25-19-22-12-17(20)18(23-19)21-11-14-6-3-2-4-7-14/h2-10,12H,11,13H2,1H3,(H,21,22,23). The Morgan fingerprint density at radius 3 is 2.64 bits per heavy atom. The predicted octanol–water partition coefficient (Wildman–Crippen LogP) is 3.82. The molecule has 3 aromatic rings. The fraction of sp³-hybridized carbons (Fsp3) is 0.158. The minimum atomic E-state index is -0.523. The van der Waals surface area contributed by atoms with Crippen LogP contribution in [-0.2, 0) is 13.2 Å². The molecule has 6 heteroatoms. The molecule has 0 atom stereocenters. The minimum Gasteiger partial charge on any atom is -0.497 e. The van der Waals surface area contributed by atoms with E-state index in [1.165, 1.54) is 0 Å². The van der Waals surface area contributed by atoms with Gasteiger partial charge in [-0.15, -0.1) is 0 Å². The third kappa shape index (κ3) is 4.67. The zero-order chi connectivity index (χ0) is 17.5. The third-order valence-corrected chi connectivity index (χ3v) is 3.53. The Morgan fingerprint density at radius 1 is 1.04 bits per heavy atom. The van der Waals surface area contributed by atoms with E-state index in [0.29, 0.717) is 6.54 Å². The molecule has 0 fully saturated rings. The van der Waals surface area contributed by atoms with Gasteiger partial charge in [0.2, 0.25) is 0 Å². The van der Waals surface area contributed by atoms with Crippen LogP contribution in [0.5, 0.6) is 11.8 Å². The lowest BCUT2D eigenvalue weighted by molar-refractivity contribution is 0.279. The molecule has 128 valence electrons. The number of nitrogens with one attached hydrogen (secondary N) is 1. The van der Waals surface area contributed by atoms with Crippen molar-refractivity contribution in [1.29, 1.82) is 0 Å². The molecule has 1 aromatic heterocycles. The molecule has 3 rings (SSSR count). The summed E-state index contributed by atoms with van der Waals surface area (Å²) >= 11 is 0. The van der Waals surface area contributed by atoms with Crippen LogP contribution in [0.4, 0.5) is 10.2 Å². The van der Waals surface area contributed by atoms with Crippen molar-refractivity contribution in [3.8, 4) is 11.8 Å². The van der Waals surface area contributed by atoms with Crippen molar-refractivity contribution in [2.45, 2.75) is 13.2 Å². The SMILES string of the molecule is COc1cccc(COc2ncc(F)c(NCc3ccccc3)n2)c1. The Hall–Kier alpha value is -3.15. The van der Waals surface area contributed by atoms with Gasteiger partial charge in [0.15, 0.2) is 11.6 Å². The van der Waals surface area contributed by atoms with Crippen LogP contribution in [0.2, 0.25) is 0 Å². The molecular weight excluding hydrogens is 321 g/mol. The van der Waals surface area contributed by atoms with Gasteiger partial charge in [0, 0.05) is 6.54 Å². The molecule has 0 spiro atoms. The Balaban J connectivity index is 1.64. The summed E-state index contributed by atoms with van der Waals surface area (Å²) in [5.74, 6) is 0.329. The second kappa shape index (κ2) is 8.10. The highest BCUT2D eigenvalue weighted by Gasteiger charge is 2.08. The van der Waals surface area contributed by atoms with E-state index >= 15 is 0 Å². The van der Waals surface area contributed by atoms with Gasteiger partial charge >= 0.3 is 6.01 Å². The fourth-order valence-corrected chi connectivity index (χ4v) is 2.24. The van der Waals surface area contributed by atoms with Crippen LogP contribution in [0.3, 0.4) is 0 Å². The van der Waals surface area contributed by atoms with Gasteiger partial charge < -0.3 is 14.8 Å². The Kier molecular flexibility index (Phi) is 5.41. The zero-order valence-corrected chi connectivity index (χ0v) is 13.8. The van der Waals surface area contributed by atoms with Gasteiger partial charge in [-0.25, -0.2) is 9.37 Å². The van der Waals surface area contributed by atoms with Crippen molar-refractivity contribution >= 4 is 5.82 Å². The summed E-state index contributed by atoms with van der Waals surface area (Å²) in [5, 5.41) is 2.96. The first-order valence-electron chi connectivity index (χ1n) is 7.80. The Bertz CT molecular complexity index is 828. The van der Waals surface area contributed by atoms with Crippen molar-refractivity contribution in [1.82, 2.24) is 9.97 Å². The molecule has 0 bridgehead atoms. The lowest BCUT2D eigenvalue weighted by Crippen LogP contribution is -2.07. The molecule has 25 heavy (non-hydrogen) atoms. The maximum atomic E-state index is 13.9. The second-order valence-electron chi connectivity index (χ2n) is 5.33. The Morgan fingerprint density at radius 2 is 1.84 bits per heavy atom. The van der Waals surface area contributed by atoms with Gasteiger partial charge in [0.25, 0.3) is 0 Å². The number of aromatic nitrogens is 2. The smallest absolute Gasteiger partial charge is 0.318 e. The molecule has 5 nitrogen and oxygen atoms in total. The quantitative estimate of drug-likeness (QED) is 0.709. The van der Waals surface area contributed by atoms with E-state index in [2.05, 4.69) is 15.3 Å². The van der Waals surface area contributed by atoms with E-state index in [1.54, 1.807) is 7.11 Å². The number of methoxy groups -OCH3 is 1. The summed E-state index contributed by atoms with van der Waals surface area (Å²) in [6, 6.07) is 17.3. The number of hydrogen-bond acceptors (Lipinski definition) is 5. The van der Waals surface area contributed by atoms with Crippen LogP contribution in [0.1, 0.15) is 11.1 Å². The highest BCUT2D eigenvalue weighted by molar-refractivity contribution is 5.37. The second-order valence-corrected chi connectivity index (χ2v) is 5.33. The number of hydrogen-bond donors (Lipinski definition) is 1. The van der Waals surface area contributed by atoms with Crippen LogP contribution >= 0.6 is 0 Å². The first-order chi connectivity index (χ1) is 12.2. The Labute approximate surface area is 145 Å². The van der Waals surface area contributed by atoms with Gasteiger partial charge in [0.1, 0.15) is 12.4 Å². The molecule has 2 aromatic carbocycles. The van der Waals surface area contributed by atoms with E-state index in [4.69, 9.17) is 9.47 Å². The van der Waals surface area contributed by atoms with Crippen molar-refractivity contribution in [3.63, 3.8) is 0 Å². The number of rotatable bonds is 7. The number of halogens is 1. The number of ether oxygens (including phenoxy) is 2. The third-order valence-electron chi connectivity index (χ3n) is 3.53. The van der Waals surface area contributed by atoms with Crippen molar-refractivity contribution in [3.05, 3.63) is 77.7 Å². The van der Waals surface area contributed by atoms with E-state index < -0.39 is 5.82 Å². The maximum absolute atomic E-state index is 13.9. The van der Waals surface area contributed by atoms with Gasteiger partial charge in [0.05, 0.1) is 13.3 Å². The first-order valence-corrected chi connectivity index (χ1v) is 7.80. The number of nitrogens with zero attached hydrogens (tertiary/aromatic N) is 2. The van der Waals surface area contributed by atoms with Gasteiger partial charge in [-0.3, -0.25) is 0 Å². The minimum absolute atomic E-state index is 0.111. The normalized spacial score (nSPS) is 10.3. The molecular formula is C19H18FN3O2. The van der Waals surface area contributed by atoms with Crippen LogP contribution in [0.15, 0.2) is 60.8 Å². The van der Waals surface area contributed by atoms with Crippen LogP contribution in [-0.4, -0.2) is 17.1 Å². The highest BCUT2D eigenvalue weighted by atomic mass is 19.1. The molecule has 0 aliphatic rings. The largest absolute Gasteiger partial charge is 0.497 e. The number of anilines is 1. The number of benzene rings is 2. The summed E-state index contributed by atoms with van der Waals surface area (Å²) in [7, 11) is 1.60. The molecule has 0 saturated carbocycles. The van der Waals surface area contributed by atoms with Gasteiger partial charge in [-0.05, 0) is 23.3 Å². The molecule has 1 heterocycles. The molecule has 0 aliphatic carbocycles. The first kappa shape index (κ1) is 16.7. The van der Waals surface area contributed by atoms with E-state index in [1.807, 2.05) is 54.6 Å². The topological polar surface area (TPSA) is 56.3 Å². The summed E-state index contributed by atoms with van der Waals surface area (Å²) in [6.45, 7) is 0.727. The molecule has 0 radical (unpaired) electrons. The van der Waals surface area contributed by atoms with Crippen molar-refractivity contribution < 1.29 is 13.9 Å². The summed E-state index contributed by atoms with van der Waals surface area (Å²) in [5.41, 5.74) is 1.94. The van der Waals surface area contributed by atoms with Gasteiger partial charge in [-0.1, -0.05) is 42.5 Å². The van der Waals surface area contributed by atoms with Crippen LogP contribution in [0.25, 0.3) is 0 Å². The fourth-order valence-electron chi connectivity index (χ4n) is 2.24. The lowest BCUT2D eigenvalue weighted by Gasteiger charge is -2.09. The summed E-state index contributed by atoms with van der Waals surface area (Å²) in [6.07, 6.45) is 1.10. The van der Waals surface area contributed by atoms with Crippen molar-refractivity contribution in [2.75, 3.05) is 12.4 Å². The summed E-state index contributed by atoms with van der Waals surface area (Å²) in [4.78, 5) is 7.97. The average molecular weight is 339 g/mol. The lowest BCUT2D eigenvalue weighted by atomic mass is 10.2. The molecule has 0 amide bonds. The monoisotopic (exact) mass is 339 g/mol. The summed E-state index contributed by atoms with van der Waals surface area (Å²) < 4.78 is 24.6. The van der Waals surface area contributed by atoms with Crippen LogP contribution < -0.4 is 14.8 Å². The van der Waals surface area contributed by atoms with Crippen molar-refractivity contribution in [2.24, 2.45) is 0 Å². The molecule has 1 N–H and O–H groups in total. The van der Waals surface area contributed by atoms with Crippen LogP contribution in [0, 0.1) is 5.82 Å². The van der Waals surface area contributed by atoms with E-state index in [9.17, 15) is 4.39 Å². The van der Waals surface area contributed by atoms with E-state index in [0.717, 1.165) is 23.1 Å². The molecule has 0 saturated heterocycles. The van der Waals surface area contributed by atoms with Gasteiger partial charge in [-0.2, -0.15) is 4.98 Å². The highest BCUT2D eigenvalue weighted by Crippen LogP contribution is 2.17. The maximum Gasteiger partial charge on any atom is 0.318 e. The predicted molar refractivity (Wildman–Crippen MR) is 93.1 cm³/mol. The molecule has 0 aliphatic heterocycles. The zero-order valence-electron chi connectivity index (χ0n) is 13.8. The van der Waals surface area contributed by atoms with E-state index in [-0.39, 0.29) is 18.4 Å². The average Bonchev–Trinajstić information content (AvgIpc) is 2.67.